The number of carbonyl (C=O) groups is 2. The minimum atomic E-state index is -0.257. The van der Waals surface area contributed by atoms with Crippen LogP contribution in [0.1, 0.15) is 56.6 Å². The first kappa shape index (κ1) is 23.2. The summed E-state index contributed by atoms with van der Waals surface area (Å²) in [4.78, 5) is 24.8. The molecule has 2 unspecified atom stereocenters. The second-order valence-electron chi connectivity index (χ2n) is 7.40. The van der Waals surface area contributed by atoms with Crippen molar-refractivity contribution in [3.63, 3.8) is 0 Å². The Morgan fingerprint density at radius 3 is 2.76 bits per heavy atom. The molecule has 7 nitrogen and oxygen atoms in total. The van der Waals surface area contributed by atoms with Crippen LogP contribution in [-0.4, -0.2) is 57.5 Å². The number of hydrogen-bond acceptors (Lipinski definition) is 6. The lowest BCUT2D eigenvalue weighted by Gasteiger charge is -2.24. The molecule has 29 heavy (non-hydrogen) atoms. The SMILES string of the molecule is COC(=O)CCCCC(OCC(=O)N(C)C)c1cccc(OC2CCCCO2)c1. The number of benzene rings is 1. The lowest BCUT2D eigenvalue weighted by molar-refractivity contribution is -0.140. The Morgan fingerprint density at radius 1 is 1.24 bits per heavy atom. The second kappa shape index (κ2) is 12.4. The van der Waals surface area contributed by atoms with Crippen molar-refractivity contribution in [3.8, 4) is 5.75 Å². The molecule has 2 rings (SSSR count). The molecule has 0 N–H and O–H groups in total. The quantitative estimate of drug-likeness (QED) is 0.413. The van der Waals surface area contributed by atoms with Crippen LogP contribution in [0.4, 0.5) is 0 Å². The number of hydrogen-bond donors (Lipinski definition) is 0. The van der Waals surface area contributed by atoms with Gasteiger partial charge >= 0.3 is 5.97 Å². The number of rotatable bonds is 11. The molecule has 2 atom stereocenters. The van der Waals surface area contributed by atoms with Crippen LogP contribution in [0.5, 0.6) is 5.75 Å². The summed E-state index contributed by atoms with van der Waals surface area (Å²) in [5.41, 5.74) is 0.947. The highest BCUT2D eigenvalue weighted by Crippen LogP contribution is 2.28. The van der Waals surface area contributed by atoms with Gasteiger partial charge in [-0.25, -0.2) is 0 Å². The Bertz CT molecular complexity index is 642. The fourth-order valence-corrected chi connectivity index (χ4v) is 3.09. The van der Waals surface area contributed by atoms with Crippen LogP contribution in [0.15, 0.2) is 24.3 Å². The summed E-state index contributed by atoms with van der Waals surface area (Å²) in [6.07, 6.45) is 5.15. The molecule has 0 aliphatic carbocycles. The maximum absolute atomic E-state index is 12.0. The number of unbranched alkanes of at least 4 members (excludes halogenated alkanes) is 1. The summed E-state index contributed by atoms with van der Waals surface area (Å²) < 4.78 is 22.2. The molecular weight excluding hydrogens is 374 g/mol. The smallest absolute Gasteiger partial charge is 0.305 e. The van der Waals surface area contributed by atoms with Crippen LogP contribution in [-0.2, 0) is 23.8 Å². The molecule has 0 radical (unpaired) electrons. The number of esters is 1. The average molecular weight is 408 g/mol. The molecule has 1 aliphatic rings. The van der Waals surface area contributed by atoms with E-state index in [-0.39, 0.29) is 30.9 Å². The van der Waals surface area contributed by atoms with Crippen molar-refractivity contribution in [1.82, 2.24) is 4.90 Å². The Morgan fingerprint density at radius 2 is 2.07 bits per heavy atom. The largest absolute Gasteiger partial charge is 0.469 e. The third kappa shape index (κ3) is 8.41. The van der Waals surface area contributed by atoms with Gasteiger partial charge in [0, 0.05) is 26.9 Å². The van der Waals surface area contributed by atoms with E-state index in [4.69, 9.17) is 14.2 Å². The zero-order valence-electron chi connectivity index (χ0n) is 17.7. The van der Waals surface area contributed by atoms with Gasteiger partial charge in [-0.15, -0.1) is 0 Å². The summed E-state index contributed by atoms with van der Waals surface area (Å²) >= 11 is 0. The van der Waals surface area contributed by atoms with Crippen LogP contribution in [0.3, 0.4) is 0 Å². The zero-order valence-corrected chi connectivity index (χ0v) is 17.7. The van der Waals surface area contributed by atoms with Crippen molar-refractivity contribution >= 4 is 11.9 Å². The number of nitrogens with zero attached hydrogens (tertiary/aromatic N) is 1. The van der Waals surface area contributed by atoms with E-state index in [1.165, 1.54) is 12.0 Å². The topological polar surface area (TPSA) is 74.3 Å². The van der Waals surface area contributed by atoms with E-state index < -0.39 is 0 Å². The Hall–Kier alpha value is -2.12. The third-order valence-electron chi connectivity index (χ3n) is 4.87. The monoisotopic (exact) mass is 407 g/mol. The van der Waals surface area contributed by atoms with Crippen molar-refractivity contribution < 1.29 is 28.5 Å². The summed E-state index contributed by atoms with van der Waals surface area (Å²) in [6.45, 7) is 0.731. The molecule has 1 saturated heterocycles. The summed E-state index contributed by atoms with van der Waals surface area (Å²) in [5, 5.41) is 0. The molecule has 0 saturated carbocycles. The molecule has 1 aliphatic heterocycles. The normalized spacial score (nSPS) is 17.4. The van der Waals surface area contributed by atoms with Crippen LogP contribution in [0.2, 0.25) is 0 Å². The number of amides is 1. The van der Waals surface area contributed by atoms with Crippen molar-refractivity contribution in [2.75, 3.05) is 34.4 Å². The Labute approximate surface area is 173 Å². The van der Waals surface area contributed by atoms with Gasteiger partial charge < -0.3 is 23.8 Å². The first-order valence-electron chi connectivity index (χ1n) is 10.3. The van der Waals surface area contributed by atoms with Gasteiger partial charge in [0.2, 0.25) is 5.91 Å². The van der Waals surface area contributed by atoms with Crippen molar-refractivity contribution in [3.05, 3.63) is 29.8 Å². The zero-order chi connectivity index (χ0) is 21.1. The molecule has 1 fully saturated rings. The molecule has 1 amide bonds. The fraction of sp³-hybridized carbons (Fsp3) is 0.636. The van der Waals surface area contributed by atoms with E-state index >= 15 is 0 Å². The van der Waals surface area contributed by atoms with Gasteiger partial charge in [0.15, 0.2) is 6.29 Å². The predicted octanol–water partition coefficient (Wildman–Crippen LogP) is 3.47. The Kier molecular flexibility index (Phi) is 9.94. The fourth-order valence-electron chi connectivity index (χ4n) is 3.09. The van der Waals surface area contributed by atoms with Crippen molar-refractivity contribution in [2.24, 2.45) is 0 Å². The van der Waals surface area contributed by atoms with Crippen LogP contribution >= 0.6 is 0 Å². The van der Waals surface area contributed by atoms with Crippen LogP contribution in [0.25, 0.3) is 0 Å². The standard InChI is InChI=1S/C22H33NO6/c1-23(2)20(24)16-28-19(11-4-5-12-21(25)26-3)17-9-8-10-18(15-17)29-22-13-6-7-14-27-22/h8-10,15,19,22H,4-7,11-14,16H2,1-3H3. The first-order chi connectivity index (χ1) is 14.0. The average Bonchev–Trinajstić information content (AvgIpc) is 2.73. The molecule has 162 valence electrons. The molecule has 7 heteroatoms. The van der Waals surface area contributed by atoms with E-state index in [1.54, 1.807) is 14.1 Å². The minimum Gasteiger partial charge on any atom is -0.469 e. The first-order valence-corrected chi connectivity index (χ1v) is 10.3. The summed E-state index contributed by atoms with van der Waals surface area (Å²) in [6, 6.07) is 7.75. The van der Waals surface area contributed by atoms with E-state index in [0.717, 1.165) is 43.6 Å². The van der Waals surface area contributed by atoms with Gasteiger partial charge in [0.05, 0.1) is 19.8 Å². The number of methoxy groups -OCH3 is 1. The van der Waals surface area contributed by atoms with Crippen LogP contribution in [0, 0.1) is 0 Å². The lowest BCUT2D eigenvalue weighted by Crippen LogP contribution is -2.27. The molecule has 0 bridgehead atoms. The van der Waals surface area contributed by atoms with Crippen LogP contribution < -0.4 is 4.74 Å². The van der Waals surface area contributed by atoms with E-state index in [0.29, 0.717) is 19.3 Å². The number of ether oxygens (including phenoxy) is 4. The highest BCUT2D eigenvalue weighted by Gasteiger charge is 2.18. The highest BCUT2D eigenvalue weighted by atomic mass is 16.7. The van der Waals surface area contributed by atoms with E-state index in [2.05, 4.69) is 4.74 Å². The molecule has 0 aromatic heterocycles. The predicted molar refractivity (Wildman–Crippen MR) is 109 cm³/mol. The minimum absolute atomic E-state index is 0.00545. The number of likely N-dealkylation sites (N-methyl/N-ethyl adjacent to an activating group) is 1. The molecule has 1 aromatic carbocycles. The van der Waals surface area contributed by atoms with Gasteiger partial charge in [0.25, 0.3) is 0 Å². The molecular formula is C22H33NO6. The van der Waals surface area contributed by atoms with Gasteiger partial charge in [-0.05, 0) is 49.8 Å². The van der Waals surface area contributed by atoms with Gasteiger partial charge in [-0.1, -0.05) is 12.1 Å². The molecule has 0 spiro atoms. The van der Waals surface area contributed by atoms with E-state index in [1.807, 2.05) is 24.3 Å². The summed E-state index contributed by atoms with van der Waals surface area (Å²) in [5.74, 6) is 0.428. The Balaban J connectivity index is 1.99. The maximum atomic E-state index is 12.0. The summed E-state index contributed by atoms with van der Waals surface area (Å²) in [7, 11) is 4.80. The molecule has 1 heterocycles. The highest BCUT2D eigenvalue weighted by molar-refractivity contribution is 5.76. The molecule has 1 aromatic rings. The second-order valence-corrected chi connectivity index (χ2v) is 7.40. The van der Waals surface area contributed by atoms with Crippen molar-refractivity contribution in [1.29, 1.82) is 0 Å². The lowest BCUT2D eigenvalue weighted by atomic mass is 10.0. The van der Waals surface area contributed by atoms with Gasteiger partial charge in [-0.3, -0.25) is 9.59 Å². The third-order valence-corrected chi connectivity index (χ3v) is 4.87. The maximum Gasteiger partial charge on any atom is 0.305 e. The van der Waals surface area contributed by atoms with Gasteiger partial charge in [-0.2, -0.15) is 0 Å². The van der Waals surface area contributed by atoms with Gasteiger partial charge in [0.1, 0.15) is 12.4 Å². The van der Waals surface area contributed by atoms with Crippen molar-refractivity contribution in [2.45, 2.75) is 57.3 Å². The number of carbonyl (C=O) groups excluding carboxylic acids is 2. The van der Waals surface area contributed by atoms with E-state index in [9.17, 15) is 9.59 Å².